The van der Waals surface area contributed by atoms with E-state index in [1.807, 2.05) is 0 Å². The van der Waals surface area contributed by atoms with Crippen LogP contribution >= 0.6 is 11.3 Å². The first-order valence-electron chi connectivity index (χ1n) is 6.45. The van der Waals surface area contributed by atoms with Crippen molar-refractivity contribution in [1.29, 1.82) is 0 Å². The van der Waals surface area contributed by atoms with Crippen molar-refractivity contribution in [3.63, 3.8) is 0 Å². The summed E-state index contributed by atoms with van der Waals surface area (Å²) in [5.41, 5.74) is 8.09. The Morgan fingerprint density at radius 2 is 2.28 bits per heavy atom. The van der Waals surface area contributed by atoms with Gasteiger partial charge >= 0.3 is 0 Å². The maximum Gasteiger partial charge on any atom is 0.181 e. The second kappa shape index (κ2) is 4.52. The van der Waals surface area contributed by atoms with Gasteiger partial charge in [-0.3, -0.25) is 0 Å². The van der Waals surface area contributed by atoms with E-state index in [9.17, 15) is 0 Å². The standard InChI is InChI=1S/C14H19N3S/c1-9-5-11(9)8-17(2)7-10-3-4-12-13(6-10)18-14(15)16-12/h3-4,6,9,11H,5,7-8H2,1-2H3,(H2,15,16). The lowest BCUT2D eigenvalue weighted by molar-refractivity contribution is 0.308. The molecular weight excluding hydrogens is 242 g/mol. The molecule has 1 aromatic heterocycles. The molecule has 3 nitrogen and oxygen atoms in total. The molecule has 96 valence electrons. The first-order valence-corrected chi connectivity index (χ1v) is 7.27. The minimum Gasteiger partial charge on any atom is -0.375 e. The molecular formula is C14H19N3S. The fraction of sp³-hybridized carbons (Fsp3) is 0.500. The van der Waals surface area contributed by atoms with Crippen LogP contribution in [0.15, 0.2) is 18.2 Å². The highest BCUT2D eigenvalue weighted by molar-refractivity contribution is 7.22. The number of rotatable bonds is 4. The van der Waals surface area contributed by atoms with E-state index in [-0.39, 0.29) is 0 Å². The first-order chi connectivity index (χ1) is 8.61. The van der Waals surface area contributed by atoms with Crippen LogP contribution in [-0.4, -0.2) is 23.5 Å². The molecule has 2 unspecified atom stereocenters. The van der Waals surface area contributed by atoms with Crippen LogP contribution in [0.3, 0.4) is 0 Å². The molecule has 1 aliphatic carbocycles. The van der Waals surface area contributed by atoms with E-state index >= 15 is 0 Å². The van der Waals surface area contributed by atoms with Gasteiger partial charge in [-0.15, -0.1) is 0 Å². The van der Waals surface area contributed by atoms with Gasteiger partial charge in [0.1, 0.15) is 0 Å². The van der Waals surface area contributed by atoms with Crippen LogP contribution in [-0.2, 0) is 6.54 Å². The largest absolute Gasteiger partial charge is 0.375 e. The maximum absolute atomic E-state index is 5.73. The van der Waals surface area contributed by atoms with Crippen LogP contribution in [0.25, 0.3) is 10.2 Å². The number of nitrogen functional groups attached to an aromatic ring is 1. The Morgan fingerprint density at radius 1 is 1.50 bits per heavy atom. The van der Waals surface area contributed by atoms with E-state index in [0.717, 1.165) is 23.9 Å². The average molecular weight is 261 g/mol. The Balaban J connectivity index is 1.69. The number of fused-ring (bicyclic) bond motifs is 1. The summed E-state index contributed by atoms with van der Waals surface area (Å²) in [5, 5.41) is 0.655. The summed E-state index contributed by atoms with van der Waals surface area (Å²) in [7, 11) is 2.20. The Labute approximate surface area is 112 Å². The lowest BCUT2D eigenvalue weighted by Gasteiger charge is -2.16. The Hall–Kier alpha value is -1.13. The Bertz CT molecular complexity index is 563. The molecule has 0 bridgehead atoms. The third-order valence-corrected chi connectivity index (χ3v) is 4.59. The predicted octanol–water partition coefficient (Wildman–Crippen LogP) is 2.97. The molecule has 0 saturated heterocycles. The van der Waals surface area contributed by atoms with Crippen molar-refractivity contribution in [2.45, 2.75) is 19.9 Å². The number of aromatic nitrogens is 1. The van der Waals surface area contributed by atoms with Crippen LogP contribution in [0.5, 0.6) is 0 Å². The van der Waals surface area contributed by atoms with E-state index in [0.29, 0.717) is 5.13 Å². The van der Waals surface area contributed by atoms with E-state index in [4.69, 9.17) is 5.73 Å². The van der Waals surface area contributed by atoms with E-state index in [2.05, 4.69) is 42.1 Å². The number of hydrogen-bond donors (Lipinski definition) is 1. The molecule has 0 amide bonds. The molecule has 2 aromatic rings. The number of benzene rings is 1. The first kappa shape index (κ1) is 11.9. The van der Waals surface area contributed by atoms with Gasteiger partial charge in [0.05, 0.1) is 10.2 Å². The molecule has 1 heterocycles. The van der Waals surface area contributed by atoms with Gasteiger partial charge in [-0.1, -0.05) is 24.3 Å². The van der Waals surface area contributed by atoms with Crippen LogP contribution in [0, 0.1) is 11.8 Å². The second-order valence-electron chi connectivity index (χ2n) is 5.52. The summed E-state index contributed by atoms with van der Waals surface area (Å²) in [6, 6.07) is 6.45. The van der Waals surface area contributed by atoms with Gasteiger partial charge in [-0.25, -0.2) is 4.98 Å². The molecule has 1 fully saturated rings. The molecule has 0 aliphatic heterocycles. The van der Waals surface area contributed by atoms with Gasteiger partial charge in [0, 0.05) is 13.1 Å². The average Bonchev–Trinajstić information content (AvgIpc) is 2.85. The molecule has 1 saturated carbocycles. The monoisotopic (exact) mass is 261 g/mol. The fourth-order valence-electron chi connectivity index (χ4n) is 2.52. The molecule has 0 radical (unpaired) electrons. The topological polar surface area (TPSA) is 42.2 Å². The summed E-state index contributed by atoms with van der Waals surface area (Å²) >= 11 is 1.57. The molecule has 1 aliphatic rings. The zero-order valence-corrected chi connectivity index (χ0v) is 11.7. The van der Waals surface area contributed by atoms with Crippen molar-refractivity contribution < 1.29 is 0 Å². The van der Waals surface area contributed by atoms with Crippen LogP contribution < -0.4 is 5.73 Å². The highest BCUT2D eigenvalue weighted by Crippen LogP contribution is 2.38. The molecule has 18 heavy (non-hydrogen) atoms. The molecule has 1 aromatic carbocycles. The fourth-order valence-corrected chi connectivity index (χ4v) is 3.31. The Morgan fingerprint density at radius 3 is 3.00 bits per heavy atom. The van der Waals surface area contributed by atoms with Crippen molar-refractivity contribution >= 4 is 26.7 Å². The zero-order valence-electron chi connectivity index (χ0n) is 10.9. The summed E-state index contributed by atoms with van der Waals surface area (Å²) in [5.74, 6) is 1.84. The van der Waals surface area contributed by atoms with E-state index < -0.39 is 0 Å². The number of thiazole rings is 1. The highest BCUT2D eigenvalue weighted by atomic mass is 32.1. The highest BCUT2D eigenvalue weighted by Gasteiger charge is 2.32. The summed E-state index contributed by atoms with van der Waals surface area (Å²) < 4.78 is 1.19. The van der Waals surface area contributed by atoms with Crippen molar-refractivity contribution in [3.05, 3.63) is 23.8 Å². The normalized spacial score (nSPS) is 22.8. The lowest BCUT2D eigenvalue weighted by Crippen LogP contribution is -2.20. The summed E-state index contributed by atoms with van der Waals surface area (Å²) in [6.07, 6.45) is 1.40. The van der Waals surface area contributed by atoms with Gasteiger partial charge < -0.3 is 10.6 Å². The Kier molecular flexibility index (Phi) is 2.99. The smallest absolute Gasteiger partial charge is 0.181 e. The van der Waals surface area contributed by atoms with E-state index in [1.54, 1.807) is 11.3 Å². The number of nitrogens with two attached hydrogens (primary N) is 1. The predicted molar refractivity (Wildman–Crippen MR) is 77.6 cm³/mol. The van der Waals surface area contributed by atoms with Crippen molar-refractivity contribution in [2.24, 2.45) is 11.8 Å². The third kappa shape index (κ3) is 2.49. The van der Waals surface area contributed by atoms with Crippen molar-refractivity contribution in [1.82, 2.24) is 9.88 Å². The number of anilines is 1. The third-order valence-electron chi connectivity index (χ3n) is 3.74. The van der Waals surface area contributed by atoms with E-state index in [1.165, 1.54) is 23.2 Å². The van der Waals surface area contributed by atoms with Crippen molar-refractivity contribution in [2.75, 3.05) is 19.3 Å². The summed E-state index contributed by atoms with van der Waals surface area (Å²) in [4.78, 5) is 6.70. The second-order valence-corrected chi connectivity index (χ2v) is 6.59. The number of hydrogen-bond acceptors (Lipinski definition) is 4. The van der Waals surface area contributed by atoms with Gasteiger partial charge in [0.15, 0.2) is 5.13 Å². The van der Waals surface area contributed by atoms with Crippen LogP contribution in [0.4, 0.5) is 5.13 Å². The molecule has 3 rings (SSSR count). The SMILES string of the molecule is CC1CC1CN(C)Cc1ccc2nc(N)sc2c1. The van der Waals surface area contributed by atoms with Crippen LogP contribution in [0.1, 0.15) is 18.9 Å². The van der Waals surface area contributed by atoms with Gasteiger partial charge in [-0.05, 0) is 43.0 Å². The molecule has 0 spiro atoms. The van der Waals surface area contributed by atoms with Crippen molar-refractivity contribution in [3.8, 4) is 0 Å². The van der Waals surface area contributed by atoms with Crippen LogP contribution in [0.2, 0.25) is 0 Å². The lowest BCUT2D eigenvalue weighted by atomic mass is 10.2. The van der Waals surface area contributed by atoms with Gasteiger partial charge in [0.2, 0.25) is 0 Å². The number of nitrogens with zero attached hydrogens (tertiary/aromatic N) is 2. The molecule has 2 N–H and O–H groups in total. The quantitative estimate of drug-likeness (QED) is 0.920. The molecule has 2 atom stereocenters. The minimum atomic E-state index is 0.655. The molecule has 4 heteroatoms. The maximum atomic E-state index is 5.73. The zero-order chi connectivity index (χ0) is 12.7. The van der Waals surface area contributed by atoms with Gasteiger partial charge in [0.25, 0.3) is 0 Å². The minimum absolute atomic E-state index is 0.655. The van der Waals surface area contributed by atoms with Gasteiger partial charge in [-0.2, -0.15) is 0 Å². The summed E-state index contributed by atoms with van der Waals surface area (Å²) in [6.45, 7) is 4.56.